The minimum Gasteiger partial charge on any atom is -0.478 e. The van der Waals surface area contributed by atoms with Crippen molar-refractivity contribution in [2.45, 2.75) is 10.6 Å². The number of hydrogen-bond acceptors (Lipinski definition) is 6. The van der Waals surface area contributed by atoms with E-state index >= 15 is 0 Å². The number of hydrogen-bond donors (Lipinski definition) is 1. The number of carbonyl (C=O) groups is 1. The predicted molar refractivity (Wildman–Crippen MR) is 69.7 cm³/mol. The zero-order valence-electron chi connectivity index (χ0n) is 10.4. The highest BCUT2D eigenvalue weighted by Gasteiger charge is 2.28. The molecular formula is C12H9NO7S. The number of furan rings is 1. The van der Waals surface area contributed by atoms with Crippen LogP contribution in [0.5, 0.6) is 0 Å². The normalized spacial score (nSPS) is 11.2. The first-order valence-electron chi connectivity index (χ1n) is 5.59. The van der Waals surface area contributed by atoms with E-state index in [0.29, 0.717) is 0 Å². The van der Waals surface area contributed by atoms with Crippen LogP contribution in [0.2, 0.25) is 0 Å². The van der Waals surface area contributed by atoms with E-state index in [2.05, 4.69) is 0 Å². The van der Waals surface area contributed by atoms with Gasteiger partial charge in [-0.05, 0) is 12.1 Å². The van der Waals surface area contributed by atoms with Gasteiger partial charge in [-0.25, -0.2) is 13.2 Å². The van der Waals surface area contributed by atoms with Gasteiger partial charge in [0.2, 0.25) is 0 Å². The molecule has 0 saturated heterocycles. The first-order chi connectivity index (χ1) is 9.83. The summed E-state index contributed by atoms with van der Waals surface area (Å²) in [6, 6.07) is 5.96. The Balaban J connectivity index is 2.47. The molecule has 1 aromatic carbocycles. The fourth-order valence-electron chi connectivity index (χ4n) is 1.76. The highest BCUT2D eigenvalue weighted by atomic mass is 32.2. The Labute approximate surface area is 118 Å². The summed E-state index contributed by atoms with van der Waals surface area (Å²) in [6.45, 7) is 0. The lowest BCUT2D eigenvalue weighted by Gasteiger charge is -2.04. The van der Waals surface area contributed by atoms with E-state index in [9.17, 15) is 23.3 Å². The van der Waals surface area contributed by atoms with E-state index in [4.69, 9.17) is 9.52 Å². The average molecular weight is 311 g/mol. The lowest BCUT2D eigenvalue weighted by atomic mass is 10.3. The molecule has 110 valence electrons. The summed E-state index contributed by atoms with van der Waals surface area (Å²) in [4.78, 5) is 20.5. The second-order valence-electron chi connectivity index (χ2n) is 4.05. The van der Waals surface area contributed by atoms with Crippen molar-refractivity contribution in [1.82, 2.24) is 0 Å². The van der Waals surface area contributed by atoms with Gasteiger partial charge in [0, 0.05) is 6.07 Å². The van der Waals surface area contributed by atoms with Crippen LogP contribution in [0.3, 0.4) is 0 Å². The van der Waals surface area contributed by atoms with Crippen molar-refractivity contribution < 1.29 is 27.7 Å². The molecule has 2 aromatic rings. The van der Waals surface area contributed by atoms with Crippen LogP contribution in [-0.4, -0.2) is 24.4 Å². The number of carboxylic acids is 1. The minimum absolute atomic E-state index is 0.277. The van der Waals surface area contributed by atoms with E-state index in [1.54, 1.807) is 0 Å². The molecule has 0 saturated carbocycles. The minimum atomic E-state index is -4.11. The Morgan fingerprint density at radius 1 is 1.29 bits per heavy atom. The van der Waals surface area contributed by atoms with Crippen LogP contribution >= 0.6 is 0 Å². The van der Waals surface area contributed by atoms with Crippen LogP contribution in [-0.2, 0) is 15.6 Å². The highest BCUT2D eigenvalue weighted by Crippen LogP contribution is 2.27. The Bertz CT molecular complexity index is 807. The number of nitro groups is 1. The quantitative estimate of drug-likeness (QED) is 0.659. The third-order valence-electron chi connectivity index (χ3n) is 2.69. The van der Waals surface area contributed by atoms with Crippen LogP contribution in [0.1, 0.15) is 16.1 Å². The molecule has 0 spiro atoms. The second-order valence-corrected chi connectivity index (χ2v) is 6.00. The van der Waals surface area contributed by atoms with Crippen molar-refractivity contribution in [3.8, 4) is 0 Å². The van der Waals surface area contributed by atoms with Crippen LogP contribution in [0.25, 0.3) is 0 Å². The van der Waals surface area contributed by atoms with Crippen molar-refractivity contribution in [1.29, 1.82) is 0 Å². The van der Waals surface area contributed by atoms with Crippen LogP contribution in [0.4, 0.5) is 5.69 Å². The number of aromatic carboxylic acids is 1. The molecule has 2 rings (SSSR count). The number of sulfone groups is 1. The molecule has 8 nitrogen and oxygen atoms in total. The fraction of sp³-hybridized carbons (Fsp3) is 0.0833. The largest absolute Gasteiger partial charge is 0.478 e. The summed E-state index contributed by atoms with van der Waals surface area (Å²) in [6.07, 6.45) is 1.05. The Kier molecular flexibility index (Phi) is 3.76. The second kappa shape index (κ2) is 5.37. The zero-order valence-corrected chi connectivity index (χ0v) is 11.2. The van der Waals surface area contributed by atoms with E-state index in [0.717, 1.165) is 24.5 Å². The molecule has 0 radical (unpaired) electrons. The van der Waals surface area contributed by atoms with Crippen molar-refractivity contribution in [3.05, 3.63) is 58.0 Å². The van der Waals surface area contributed by atoms with Crippen molar-refractivity contribution >= 4 is 21.5 Å². The molecular weight excluding hydrogens is 302 g/mol. The molecule has 1 heterocycles. The lowest BCUT2D eigenvalue weighted by Crippen LogP contribution is -2.10. The van der Waals surface area contributed by atoms with Crippen molar-refractivity contribution in [2.24, 2.45) is 0 Å². The van der Waals surface area contributed by atoms with E-state index in [1.807, 2.05) is 0 Å². The standard InChI is InChI=1S/C12H9NO7S/c14-12(15)8-5-6-20-10(8)7-21(18,19)11-4-2-1-3-9(11)13(16)17/h1-6H,7H2,(H,14,15). The molecule has 21 heavy (non-hydrogen) atoms. The maximum atomic E-state index is 12.2. The molecule has 0 amide bonds. The zero-order chi connectivity index (χ0) is 15.6. The number of nitrogens with zero attached hydrogens (tertiary/aromatic N) is 1. The van der Waals surface area contributed by atoms with E-state index in [-0.39, 0.29) is 11.3 Å². The molecule has 1 aromatic heterocycles. The van der Waals surface area contributed by atoms with Crippen molar-refractivity contribution in [2.75, 3.05) is 0 Å². The summed E-state index contributed by atoms with van der Waals surface area (Å²) in [5.74, 6) is -2.39. The summed E-state index contributed by atoms with van der Waals surface area (Å²) < 4.78 is 29.3. The highest BCUT2D eigenvalue weighted by molar-refractivity contribution is 7.90. The van der Waals surface area contributed by atoms with Gasteiger partial charge in [-0.3, -0.25) is 10.1 Å². The Morgan fingerprint density at radius 2 is 1.95 bits per heavy atom. The smallest absolute Gasteiger partial charge is 0.339 e. The lowest BCUT2D eigenvalue weighted by molar-refractivity contribution is -0.387. The average Bonchev–Trinajstić information content (AvgIpc) is 2.86. The van der Waals surface area contributed by atoms with E-state index in [1.165, 1.54) is 12.1 Å². The third-order valence-corrected chi connectivity index (χ3v) is 4.35. The predicted octanol–water partition coefficient (Wildman–Crippen LogP) is 1.86. The maximum Gasteiger partial charge on any atom is 0.339 e. The van der Waals surface area contributed by atoms with Gasteiger partial charge in [-0.15, -0.1) is 0 Å². The van der Waals surface area contributed by atoms with Gasteiger partial charge < -0.3 is 9.52 Å². The van der Waals surface area contributed by atoms with E-state index < -0.39 is 37.1 Å². The van der Waals surface area contributed by atoms with Crippen LogP contribution in [0, 0.1) is 10.1 Å². The molecule has 0 aliphatic heterocycles. The Morgan fingerprint density at radius 3 is 2.57 bits per heavy atom. The van der Waals surface area contributed by atoms with Crippen LogP contribution in [0.15, 0.2) is 45.9 Å². The summed E-state index contributed by atoms with van der Waals surface area (Å²) in [7, 11) is -4.11. The SMILES string of the molecule is O=C(O)c1ccoc1CS(=O)(=O)c1ccccc1[N+](=O)[O-]. The number of benzene rings is 1. The van der Waals surface area contributed by atoms with Gasteiger partial charge in [0.15, 0.2) is 9.84 Å². The first-order valence-corrected chi connectivity index (χ1v) is 7.24. The topological polar surface area (TPSA) is 128 Å². The maximum absolute atomic E-state index is 12.2. The van der Waals surface area contributed by atoms with Gasteiger partial charge in [0.1, 0.15) is 22.0 Å². The van der Waals surface area contributed by atoms with Crippen molar-refractivity contribution in [3.63, 3.8) is 0 Å². The molecule has 0 unspecified atom stereocenters. The fourth-order valence-corrected chi connectivity index (χ4v) is 3.24. The number of para-hydroxylation sites is 1. The molecule has 0 aliphatic rings. The molecule has 0 bridgehead atoms. The number of nitro benzene ring substituents is 1. The van der Waals surface area contributed by atoms with Crippen LogP contribution < -0.4 is 0 Å². The molecule has 9 heteroatoms. The molecule has 1 N–H and O–H groups in total. The monoisotopic (exact) mass is 311 g/mol. The molecule has 0 fully saturated rings. The van der Waals surface area contributed by atoms with Gasteiger partial charge >= 0.3 is 5.97 Å². The Hall–Kier alpha value is -2.68. The number of rotatable bonds is 5. The van der Waals surface area contributed by atoms with Gasteiger partial charge in [-0.2, -0.15) is 0 Å². The summed E-state index contributed by atoms with van der Waals surface area (Å²) >= 11 is 0. The molecule has 0 atom stereocenters. The van der Waals surface area contributed by atoms with Gasteiger partial charge in [0.05, 0.1) is 11.2 Å². The summed E-state index contributed by atoms with van der Waals surface area (Å²) in [5.41, 5.74) is -0.863. The summed E-state index contributed by atoms with van der Waals surface area (Å²) in [5, 5.41) is 19.8. The van der Waals surface area contributed by atoms with Gasteiger partial charge in [0.25, 0.3) is 5.69 Å². The third kappa shape index (κ3) is 2.92. The van der Waals surface area contributed by atoms with Gasteiger partial charge in [-0.1, -0.05) is 12.1 Å². The molecule has 0 aliphatic carbocycles. The number of carboxylic acid groups (broad SMARTS) is 1. The first kappa shape index (κ1) is 14.7.